The van der Waals surface area contributed by atoms with Crippen molar-refractivity contribution in [1.82, 2.24) is 15.2 Å². The highest BCUT2D eigenvalue weighted by Crippen LogP contribution is 2.19. The molecule has 0 unspecified atom stereocenters. The van der Waals surface area contributed by atoms with Crippen LogP contribution in [-0.2, 0) is 13.0 Å². The highest BCUT2D eigenvalue weighted by molar-refractivity contribution is 7.11. The molecule has 4 heteroatoms. The van der Waals surface area contributed by atoms with E-state index < -0.39 is 0 Å². The van der Waals surface area contributed by atoms with E-state index in [0.29, 0.717) is 0 Å². The van der Waals surface area contributed by atoms with Crippen molar-refractivity contribution in [1.29, 1.82) is 0 Å². The van der Waals surface area contributed by atoms with Gasteiger partial charge in [-0.05, 0) is 45.8 Å². The van der Waals surface area contributed by atoms with Crippen molar-refractivity contribution < 1.29 is 0 Å². The average molecular weight is 267 g/mol. The monoisotopic (exact) mass is 267 g/mol. The lowest BCUT2D eigenvalue weighted by molar-refractivity contribution is 0.343. The van der Waals surface area contributed by atoms with Crippen molar-refractivity contribution in [2.75, 3.05) is 26.2 Å². The third-order valence-electron chi connectivity index (χ3n) is 3.49. The molecule has 0 bridgehead atoms. The van der Waals surface area contributed by atoms with Gasteiger partial charge in [-0.25, -0.2) is 4.98 Å². The largest absolute Gasteiger partial charge is 0.312 e. The Hall–Kier alpha value is -0.450. The van der Waals surface area contributed by atoms with Crippen molar-refractivity contribution in [3.05, 3.63) is 15.6 Å². The molecule has 0 saturated carbocycles. The number of rotatable bonds is 7. The van der Waals surface area contributed by atoms with Gasteiger partial charge in [0.15, 0.2) is 0 Å². The molecule has 1 fully saturated rings. The second kappa shape index (κ2) is 7.22. The maximum atomic E-state index is 4.70. The minimum Gasteiger partial charge on any atom is -0.312 e. The first-order chi connectivity index (χ1) is 8.79. The van der Waals surface area contributed by atoms with Gasteiger partial charge in [0.05, 0.1) is 10.7 Å². The minimum atomic E-state index is 0.987. The highest BCUT2D eigenvalue weighted by atomic mass is 32.1. The van der Waals surface area contributed by atoms with Gasteiger partial charge in [0.2, 0.25) is 0 Å². The van der Waals surface area contributed by atoms with Crippen molar-refractivity contribution in [3.8, 4) is 0 Å². The Balaban J connectivity index is 1.79. The van der Waals surface area contributed by atoms with Gasteiger partial charge in [-0.1, -0.05) is 6.92 Å². The van der Waals surface area contributed by atoms with Gasteiger partial charge in [0, 0.05) is 24.4 Å². The molecule has 1 aliphatic rings. The molecule has 0 spiro atoms. The molecule has 0 atom stereocenters. The van der Waals surface area contributed by atoms with Crippen LogP contribution in [0.15, 0.2) is 0 Å². The molecular weight excluding hydrogens is 242 g/mol. The molecule has 0 aromatic carbocycles. The highest BCUT2D eigenvalue weighted by Gasteiger charge is 2.13. The van der Waals surface area contributed by atoms with Crippen LogP contribution in [0.1, 0.15) is 41.8 Å². The topological polar surface area (TPSA) is 28.2 Å². The fourth-order valence-electron chi connectivity index (χ4n) is 2.40. The number of nitrogens with one attached hydrogen (secondary N) is 1. The van der Waals surface area contributed by atoms with Gasteiger partial charge in [-0.15, -0.1) is 11.3 Å². The molecule has 18 heavy (non-hydrogen) atoms. The first kappa shape index (κ1) is 14.0. The van der Waals surface area contributed by atoms with E-state index in [9.17, 15) is 0 Å². The van der Waals surface area contributed by atoms with E-state index in [1.165, 1.54) is 54.5 Å². The average Bonchev–Trinajstić information content (AvgIpc) is 2.97. The van der Waals surface area contributed by atoms with Crippen molar-refractivity contribution in [3.63, 3.8) is 0 Å². The number of thiazole rings is 1. The van der Waals surface area contributed by atoms with Gasteiger partial charge < -0.3 is 10.2 Å². The van der Waals surface area contributed by atoms with Crippen LogP contribution in [0, 0.1) is 6.92 Å². The molecule has 0 amide bonds. The molecule has 0 radical (unpaired) electrons. The number of likely N-dealkylation sites (tertiary alicyclic amines) is 1. The fraction of sp³-hybridized carbons (Fsp3) is 0.786. The molecule has 1 aromatic rings. The normalized spacial score (nSPS) is 16.6. The number of hydrogen-bond donors (Lipinski definition) is 1. The molecule has 1 aliphatic heterocycles. The van der Waals surface area contributed by atoms with Gasteiger partial charge in [0.1, 0.15) is 0 Å². The van der Waals surface area contributed by atoms with Gasteiger partial charge in [-0.3, -0.25) is 0 Å². The minimum absolute atomic E-state index is 0.987. The summed E-state index contributed by atoms with van der Waals surface area (Å²) in [7, 11) is 0. The predicted molar refractivity (Wildman–Crippen MR) is 78.2 cm³/mol. The molecule has 2 rings (SSSR count). The Morgan fingerprint density at radius 2 is 2.11 bits per heavy atom. The van der Waals surface area contributed by atoms with Crippen LogP contribution in [0.5, 0.6) is 0 Å². The quantitative estimate of drug-likeness (QED) is 0.770. The van der Waals surface area contributed by atoms with Crippen LogP contribution in [0.2, 0.25) is 0 Å². The maximum Gasteiger partial charge on any atom is 0.0944 e. The van der Waals surface area contributed by atoms with Crippen LogP contribution < -0.4 is 5.32 Å². The molecule has 1 saturated heterocycles. The molecule has 2 heterocycles. The lowest BCUT2D eigenvalue weighted by Gasteiger charge is -2.12. The summed E-state index contributed by atoms with van der Waals surface area (Å²) in [6, 6.07) is 0. The smallest absolute Gasteiger partial charge is 0.0944 e. The zero-order valence-electron chi connectivity index (χ0n) is 11.7. The van der Waals surface area contributed by atoms with Crippen molar-refractivity contribution in [2.45, 2.75) is 46.1 Å². The van der Waals surface area contributed by atoms with E-state index in [1.54, 1.807) is 0 Å². The molecule has 1 aromatic heterocycles. The van der Waals surface area contributed by atoms with E-state index in [2.05, 4.69) is 24.1 Å². The molecule has 0 aliphatic carbocycles. The summed E-state index contributed by atoms with van der Waals surface area (Å²) in [5.41, 5.74) is 1.22. The van der Waals surface area contributed by atoms with E-state index in [4.69, 9.17) is 4.98 Å². The van der Waals surface area contributed by atoms with Crippen LogP contribution in [0.3, 0.4) is 0 Å². The third-order valence-corrected chi connectivity index (χ3v) is 4.71. The molecule has 1 N–H and O–H groups in total. The van der Waals surface area contributed by atoms with E-state index >= 15 is 0 Å². The van der Waals surface area contributed by atoms with E-state index in [1.807, 2.05) is 11.3 Å². The van der Waals surface area contributed by atoms with Crippen molar-refractivity contribution in [2.24, 2.45) is 0 Å². The number of hydrogen-bond acceptors (Lipinski definition) is 4. The summed E-state index contributed by atoms with van der Waals surface area (Å²) in [4.78, 5) is 8.68. The number of nitrogens with zero attached hydrogens (tertiary/aromatic N) is 2. The second-order valence-corrected chi connectivity index (χ2v) is 6.26. The zero-order valence-corrected chi connectivity index (χ0v) is 12.5. The summed E-state index contributed by atoms with van der Waals surface area (Å²) in [5, 5.41) is 4.78. The van der Waals surface area contributed by atoms with Crippen LogP contribution in [-0.4, -0.2) is 36.1 Å². The lowest BCUT2D eigenvalue weighted by Crippen LogP contribution is -2.21. The lowest BCUT2D eigenvalue weighted by atomic mass is 10.3. The molecule has 3 nitrogen and oxygen atoms in total. The van der Waals surface area contributed by atoms with Crippen LogP contribution in [0.4, 0.5) is 0 Å². The van der Waals surface area contributed by atoms with Crippen LogP contribution in [0.25, 0.3) is 0 Å². The maximum absolute atomic E-state index is 4.70. The van der Waals surface area contributed by atoms with Gasteiger partial charge in [-0.2, -0.15) is 0 Å². The first-order valence-electron chi connectivity index (χ1n) is 7.18. The summed E-state index contributed by atoms with van der Waals surface area (Å²) in [5.74, 6) is 0. The Morgan fingerprint density at radius 3 is 2.83 bits per heavy atom. The Labute approximate surface area is 115 Å². The Kier molecular flexibility index (Phi) is 5.60. The van der Waals surface area contributed by atoms with Crippen molar-refractivity contribution >= 4 is 11.3 Å². The summed E-state index contributed by atoms with van der Waals surface area (Å²) in [6.45, 7) is 10.2. The summed E-state index contributed by atoms with van der Waals surface area (Å²) < 4.78 is 0. The molecular formula is C14H25N3S. The second-order valence-electron chi connectivity index (χ2n) is 5.09. The van der Waals surface area contributed by atoms with E-state index in [0.717, 1.165) is 19.5 Å². The summed E-state index contributed by atoms with van der Waals surface area (Å²) >= 11 is 1.89. The Bertz CT molecular complexity index is 356. The van der Waals surface area contributed by atoms with Gasteiger partial charge >= 0.3 is 0 Å². The SMILES string of the molecule is CCCNCc1sc(CCN2CCCC2)nc1C. The fourth-order valence-corrected chi connectivity index (χ4v) is 3.43. The predicted octanol–water partition coefficient (Wildman–Crippen LogP) is 2.59. The number of aromatic nitrogens is 1. The molecule has 102 valence electrons. The third kappa shape index (κ3) is 4.04. The van der Waals surface area contributed by atoms with E-state index in [-0.39, 0.29) is 0 Å². The van der Waals surface area contributed by atoms with Crippen LogP contribution >= 0.6 is 11.3 Å². The first-order valence-corrected chi connectivity index (χ1v) is 7.99. The Morgan fingerprint density at radius 1 is 1.33 bits per heavy atom. The zero-order chi connectivity index (χ0) is 12.8. The van der Waals surface area contributed by atoms with Gasteiger partial charge in [0.25, 0.3) is 0 Å². The summed E-state index contributed by atoms with van der Waals surface area (Å²) in [6.07, 6.45) is 5.07. The number of aryl methyl sites for hydroxylation is 1. The standard InChI is InChI=1S/C14H25N3S/c1-3-7-15-11-13-12(2)16-14(18-13)6-10-17-8-4-5-9-17/h15H,3-11H2,1-2H3.